The van der Waals surface area contributed by atoms with Gasteiger partial charge >= 0.3 is 0 Å². The number of imidazole rings is 1. The van der Waals surface area contributed by atoms with Crippen LogP contribution >= 0.6 is 24.8 Å². The average molecular weight is 413 g/mol. The Kier molecular flexibility index (Phi) is 9.30. The van der Waals surface area contributed by atoms with E-state index in [0.717, 1.165) is 37.3 Å². The number of likely N-dealkylation sites (tertiary alicyclic amines) is 1. The Morgan fingerprint density at radius 3 is 2.33 bits per heavy atom. The third kappa shape index (κ3) is 5.24. The Bertz CT molecular complexity index is 697. The van der Waals surface area contributed by atoms with Gasteiger partial charge < -0.3 is 14.8 Å². The van der Waals surface area contributed by atoms with Gasteiger partial charge in [0.05, 0.1) is 0 Å². The summed E-state index contributed by atoms with van der Waals surface area (Å²) in [7, 11) is 1.85. The maximum Gasteiger partial charge on any atom is 0.244 e. The minimum atomic E-state index is -0.268. The molecule has 1 aromatic heterocycles. The van der Waals surface area contributed by atoms with Crippen LogP contribution in [-0.2, 0) is 4.79 Å². The lowest BCUT2D eigenvalue weighted by molar-refractivity contribution is -0.134. The van der Waals surface area contributed by atoms with Crippen molar-refractivity contribution in [3.05, 3.63) is 54.1 Å². The van der Waals surface area contributed by atoms with Crippen LogP contribution in [0.2, 0.25) is 0 Å². The van der Waals surface area contributed by atoms with Gasteiger partial charge in [0.2, 0.25) is 5.91 Å². The topological polar surface area (TPSA) is 50.2 Å². The Morgan fingerprint density at radius 2 is 1.78 bits per heavy atom. The molecule has 150 valence electrons. The number of piperidine rings is 1. The van der Waals surface area contributed by atoms with Gasteiger partial charge in [0.15, 0.2) is 0 Å². The zero-order valence-corrected chi connectivity index (χ0v) is 17.8. The van der Waals surface area contributed by atoms with E-state index < -0.39 is 0 Å². The lowest BCUT2D eigenvalue weighted by Crippen LogP contribution is -2.44. The molecule has 5 nitrogen and oxygen atoms in total. The van der Waals surface area contributed by atoms with Gasteiger partial charge in [-0.1, -0.05) is 30.3 Å². The standard InChI is InChI=1S/C20H28N4O.2ClH/c1-15(2)24-14-11-22-19(24)17-9-12-23(13-10-17)20(25)18(21-3)16-7-5-4-6-8-16;;/h4-8,11,14-15,17-18,21H,9-10,12-13H2,1-3H3;2*1H. The second-order valence-corrected chi connectivity index (χ2v) is 7.02. The lowest BCUT2D eigenvalue weighted by atomic mass is 9.94. The summed E-state index contributed by atoms with van der Waals surface area (Å²) < 4.78 is 2.25. The predicted octanol–water partition coefficient (Wildman–Crippen LogP) is 3.97. The first-order valence-electron chi connectivity index (χ1n) is 9.15. The highest BCUT2D eigenvalue weighted by atomic mass is 35.5. The molecule has 1 aliphatic heterocycles. The van der Waals surface area contributed by atoms with Gasteiger partial charge in [0.25, 0.3) is 0 Å². The van der Waals surface area contributed by atoms with Crippen LogP contribution in [0.1, 0.15) is 56.1 Å². The van der Waals surface area contributed by atoms with E-state index in [1.165, 1.54) is 0 Å². The van der Waals surface area contributed by atoms with Gasteiger partial charge in [-0.05, 0) is 39.3 Å². The van der Waals surface area contributed by atoms with E-state index in [1.54, 1.807) is 0 Å². The van der Waals surface area contributed by atoms with Crippen LogP contribution in [0.15, 0.2) is 42.7 Å². The molecule has 3 rings (SSSR count). The van der Waals surface area contributed by atoms with Crippen molar-refractivity contribution < 1.29 is 4.79 Å². The quantitative estimate of drug-likeness (QED) is 0.807. The van der Waals surface area contributed by atoms with Gasteiger partial charge in [-0.3, -0.25) is 4.79 Å². The summed E-state index contributed by atoms with van der Waals surface area (Å²) in [5.41, 5.74) is 1.02. The first kappa shape index (κ1) is 23.5. The monoisotopic (exact) mass is 412 g/mol. The van der Waals surface area contributed by atoms with E-state index in [9.17, 15) is 4.79 Å². The van der Waals surface area contributed by atoms with Crippen LogP contribution in [0, 0.1) is 0 Å². The number of likely N-dealkylation sites (N-methyl/N-ethyl adjacent to an activating group) is 1. The minimum absolute atomic E-state index is 0. The number of benzene rings is 1. The van der Waals surface area contributed by atoms with Crippen molar-refractivity contribution in [2.24, 2.45) is 0 Å². The molecule has 0 bridgehead atoms. The maximum atomic E-state index is 12.9. The normalized spacial score (nSPS) is 15.8. The molecule has 7 heteroatoms. The highest BCUT2D eigenvalue weighted by Gasteiger charge is 2.30. The van der Waals surface area contributed by atoms with Crippen LogP contribution in [0.4, 0.5) is 0 Å². The van der Waals surface area contributed by atoms with Crippen molar-refractivity contribution >= 4 is 30.7 Å². The number of amides is 1. The van der Waals surface area contributed by atoms with Crippen molar-refractivity contribution in [1.82, 2.24) is 19.8 Å². The molecule has 1 N–H and O–H groups in total. The molecule has 0 aliphatic carbocycles. The summed E-state index contributed by atoms with van der Waals surface area (Å²) in [5, 5.41) is 3.17. The molecule has 1 amide bonds. The summed E-state index contributed by atoms with van der Waals surface area (Å²) in [4.78, 5) is 19.5. The number of hydrogen-bond donors (Lipinski definition) is 1. The van der Waals surface area contributed by atoms with Gasteiger partial charge in [0.1, 0.15) is 11.9 Å². The number of aromatic nitrogens is 2. The van der Waals surface area contributed by atoms with Crippen molar-refractivity contribution in [1.29, 1.82) is 0 Å². The van der Waals surface area contributed by atoms with Gasteiger partial charge in [-0.25, -0.2) is 4.98 Å². The average Bonchev–Trinajstić information content (AvgIpc) is 3.13. The van der Waals surface area contributed by atoms with Crippen LogP contribution in [0.3, 0.4) is 0 Å². The van der Waals surface area contributed by atoms with E-state index in [1.807, 2.05) is 48.5 Å². The Hall–Kier alpha value is -1.56. The number of carbonyl (C=O) groups is 1. The molecule has 1 aliphatic rings. The number of nitrogens with zero attached hydrogens (tertiary/aromatic N) is 3. The van der Waals surface area contributed by atoms with Gasteiger partial charge in [-0.2, -0.15) is 0 Å². The SMILES string of the molecule is CNC(C(=O)N1CCC(c2nccn2C(C)C)CC1)c1ccccc1.Cl.Cl. The fraction of sp³-hybridized carbons (Fsp3) is 0.500. The molecule has 0 spiro atoms. The molecule has 2 heterocycles. The number of carbonyl (C=O) groups excluding carboxylic acids is 1. The molecule has 0 radical (unpaired) electrons. The molecule has 1 aromatic carbocycles. The van der Waals surface area contributed by atoms with E-state index >= 15 is 0 Å². The zero-order chi connectivity index (χ0) is 17.8. The number of hydrogen-bond acceptors (Lipinski definition) is 3. The molecule has 1 fully saturated rings. The summed E-state index contributed by atoms with van der Waals surface area (Å²) >= 11 is 0. The predicted molar refractivity (Wildman–Crippen MR) is 114 cm³/mol. The number of halogens is 2. The second-order valence-electron chi connectivity index (χ2n) is 7.02. The molecule has 0 saturated carbocycles. The highest BCUT2D eigenvalue weighted by molar-refractivity contribution is 5.85. The number of rotatable bonds is 5. The third-order valence-corrected chi connectivity index (χ3v) is 5.10. The smallest absolute Gasteiger partial charge is 0.244 e. The summed E-state index contributed by atoms with van der Waals surface area (Å²) in [6.45, 7) is 5.95. The molecule has 27 heavy (non-hydrogen) atoms. The molecular weight excluding hydrogens is 383 g/mol. The second kappa shape index (κ2) is 10.7. The Labute approximate surface area is 174 Å². The fourth-order valence-corrected chi connectivity index (χ4v) is 3.70. The number of nitrogens with one attached hydrogen (secondary N) is 1. The highest BCUT2D eigenvalue weighted by Crippen LogP contribution is 2.29. The van der Waals surface area contributed by atoms with E-state index in [4.69, 9.17) is 0 Å². The maximum absolute atomic E-state index is 12.9. The first-order valence-corrected chi connectivity index (χ1v) is 9.15. The minimum Gasteiger partial charge on any atom is -0.341 e. The Morgan fingerprint density at radius 1 is 1.15 bits per heavy atom. The van der Waals surface area contributed by atoms with Crippen molar-refractivity contribution in [2.75, 3.05) is 20.1 Å². The van der Waals surface area contributed by atoms with Crippen LogP contribution in [-0.4, -0.2) is 40.5 Å². The fourth-order valence-electron chi connectivity index (χ4n) is 3.70. The van der Waals surface area contributed by atoms with E-state index in [2.05, 4.69) is 34.9 Å². The summed E-state index contributed by atoms with van der Waals surface area (Å²) in [6, 6.07) is 10.1. The van der Waals surface area contributed by atoms with Crippen molar-refractivity contribution in [3.63, 3.8) is 0 Å². The summed E-state index contributed by atoms with van der Waals surface area (Å²) in [5.74, 6) is 1.76. The Balaban J connectivity index is 0.00000182. The van der Waals surface area contributed by atoms with Crippen LogP contribution in [0.25, 0.3) is 0 Å². The van der Waals surface area contributed by atoms with Crippen molar-refractivity contribution in [3.8, 4) is 0 Å². The van der Waals surface area contributed by atoms with Gasteiger partial charge in [0, 0.05) is 37.4 Å². The van der Waals surface area contributed by atoms with E-state index in [-0.39, 0.29) is 36.8 Å². The van der Waals surface area contributed by atoms with Crippen LogP contribution < -0.4 is 5.32 Å². The first-order chi connectivity index (χ1) is 12.1. The third-order valence-electron chi connectivity index (χ3n) is 5.10. The molecular formula is C20H30Cl2N4O. The van der Waals surface area contributed by atoms with Gasteiger partial charge in [-0.15, -0.1) is 24.8 Å². The largest absolute Gasteiger partial charge is 0.341 e. The van der Waals surface area contributed by atoms with Crippen molar-refractivity contribution in [2.45, 2.75) is 44.7 Å². The lowest BCUT2D eigenvalue weighted by Gasteiger charge is -2.34. The van der Waals surface area contributed by atoms with Crippen LogP contribution in [0.5, 0.6) is 0 Å². The summed E-state index contributed by atoms with van der Waals surface area (Å²) in [6.07, 6.45) is 5.89. The molecule has 1 atom stereocenters. The zero-order valence-electron chi connectivity index (χ0n) is 16.2. The molecule has 2 aromatic rings. The van der Waals surface area contributed by atoms with E-state index in [0.29, 0.717) is 12.0 Å². The molecule has 1 saturated heterocycles. The molecule has 1 unspecified atom stereocenters.